The molecule has 2 heterocycles. The van der Waals surface area contributed by atoms with Crippen LogP contribution in [0.3, 0.4) is 0 Å². The third-order valence-corrected chi connectivity index (χ3v) is 3.92. The molecule has 0 aliphatic heterocycles. The average Bonchev–Trinajstić information content (AvgIpc) is 3.14. The number of nitrogens with zero attached hydrogens (tertiary/aromatic N) is 2. The lowest BCUT2D eigenvalue weighted by Crippen LogP contribution is -2.18. The van der Waals surface area contributed by atoms with Gasteiger partial charge in [-0.3, -0.25) is 4.68 Å². The van der Waals surface area contributed by atoms with Gasteiger partial charge in [-0.1, -0.05) is 12.8 Å². The highest BCUT2D eigenvalue weighted by atomic mass is 16.3. The van der Waals surface area contributed by atoms with Crippen LogP contribution < -0.4 is 5.32 Å². The van der Waals surface area contributed by atoms with E-state index in [1.807, 2.05) is 12.1 Å². The van der Waals surface area contributed by atoms with Crippen molar-refractivity contribution < 1.29 is 4.42 Å². The molecule has 0 unspecified atom stereocenters. The second-order valence-corrected chi connectivity index (χ2v) is 5.34. The topological polar surface area (TPSA) is 43.0 Å². The minimum atomic E-state index is 0.214. The van der Waals surface area contributed by atoms with Crippen molar-refractivity contribution in [1.29, 1.82) is 0 Å². The molecule has 1 aliphatic carbocycles. The molecule has 19 heavy (non-hydrogen) atoms. The van der Waals surface area contributed by atoms with Crippen molar-refractivity contribution in [3.63, 3.8) is 0 Å². The Labute approximate surface area is 113 Å². The van der Waals surface area contributed by atoms with Gasteiger partial charge in [-0.05, 0) is 38.0 Å². The molecule has 0 radical (unpaired) electrons. The van der Waals surface area contributed by atoms with E-state index in [4.69, 9.17) is 4.42 Å². The van der Waals surface area contributed by atoms with Crippen molar-refractivity contribution in [2.75, 3.05) is 0 Å². The molecule has 0 bridgehead atoms. The Morgan fingerprint density at radius 1 is 1.42 bits per heavy atom. The highest BCUT2D eigenvalue weighted by molar-refractivity contribution is 5.05. The van der Waals surface area contributed by atoms with Crippen LogP contribution in [0.5, 0.6) is 0 Å². The van der Waals surface area contributed by atoms with Crippen LogP contribution in [-0.2, 0) is 6.54 Å². The van der Waals surface area contributed by atoms with Crippen LogP contribution in [0, 0.1) is 0 Å². The van der Waals surface area contributed by atoms with Gasteiger partial charge >= 0.3 is 0 Å². The van der Waals surface area contributed by atoms with E-state index in [0.717, 1.165) is 18.0 Å². The number of aromatic nitrogens is 2. The predicted molar refractivity (Wildman–Crippen MR) is 73.7 cm³/mol. The summed E-state index contributed by atoms with van der Waals surface area (Å²) in [5, 5.41) is 8.10. The summed E-state index contributed by atoms with van der Waals surface area (Å²) < 4.78 is 7.52. The van der Waals surface area contributed by atoms with Gasteiger partial charge in [-0.25, -0.2) is 0 Å². The van der Waals surface area contributed by atoms with E-state index in [1.54, 1.807) is 6.26 Å². The summed E-state index contributed by atoms with van der Waals surface area (Å²) in [5.74, 6) is 0.968. The third kappa shape index (κ3) is 2.89. The normalized spacial score (nSPS) is 17.9. The van der Waals surface area contributed by atoms with Crippen molar-refractivity contribution in [2.45, 2.75) is 51.2 Å². The molecule has 0 amide bonds. The first-order valence-corrected chi connectivity index (χ1v) is 7.14. The van der Waals surface area contributed by atoms with Crippen molar-refractivity contribution in [3.05, 3.63) is 42.1 Å². The Morgan fingerprint density at radius 2 is 2.26 bits per heavy atom. The van der Waals surface area contributed by atoms with E-state index in [2.05, 4.69) is 34.3 Å². The fourth-order valence-corrected chi connectivity index (χ4v) is 2.74. The second kappa shape index (κ2) is 5.61. The second-order valence-electron chi connectivity index (χ2n) is 5.34. The Morgan fingerprint density at radius 3 is 3.00 bits per heavy atom. The molecule has 2 aromatic rings. The Bertz CT molecular complexity index is 497. The maximum atomic E-state index is 5.38. The summed E-state index contributed by atoms with van der Waals surface area (Å²) in [6.07, 6.45) is 9.06. The Balaban J connectivity index is 1.55. The lowest BCUT2D eigenvalue weighted by atomic mass is 10.2. The van der Waals surface area contributed by atoms with Gasteiger partial charge in [0, 0.05) is 12.7 Å². The SMILES string of the molecule is C[C@H](NCc1ccn(C2CCCC2)n1)c1ccco1. The highest BCUT2D eigenvalue weighted by Gasteiger charge is 2.17. The summed E-state index contributed by atoms with van der Waals surface area (Å²) in [6.45, 7) is 2.88. The number of nitrogens with one attached hydrogen (secondary N) is 1. The third-order valence-electron chi connectivity index (χ3n) is 3.92. The van der Waals surface area contributed by atoms with E-state index in [9.17, 15) is 0 Å². The zero-order chi connectivity index (χ0) is 13.1. The molecule has 0 spiro atoms. The van der Waals surface area contributed by atoms with Crippen molar-refractivity contribution in [3.8, 4) is 0 Å². The first kappa shape index (κ1) is 12.5. The molecule has 4 nitrogen and oxygen atoms in total. The fraction of sp³-hybridized carbons (Fsp3) is 0.533. The zero-order valence-corrected chi connectivity index (χ0v) is 11.4. The first-order chi connectivity index (χ1) is 9.33. The summed E-state index contributed by atoms with van der Waals surface area (Å²) in [6, 6.07) is 6.86. The van der Waals surface area contributed by atoms with E-state index in [-0.39, 0.29) is 6.04 Å². The van der Waals surface area contributed by atoms with Crippen LogP contribution in [0.2, 0.25) is 0 Å². The number of hydrogen-bond donors (Lipinski definition) is 1. The van der Waals surface area contributed by atoms with Gasteiger partial charge in [-0.15, -0.1) is 0 Å². The summed E-state index contributed by atoms with van der Waals surface area (Å²) in [7, 11) is 0. The maximum absolute atomic E-state index is 5.38. The van der Waals surface area contributed by atoms with Gasteiger partial charge in [-0.2, -0.15) is 5.10 Å². The number of hydrogen-bond acceptors (Lipinski definition) is 3. The first-order valence-electron chi connectivity index (χ1n) is 7.14. The molecule has 4 heteroatoms. The van der Waals surface area contributed by atoms with Crippen LogP contribution in [0.15, 0.2) is 35.1 Å². The van der Waals surface area contributed by atoms with Crippen LogP contribution in [0.1, 0.15) is 56.1 Å². The average molecular weight is 259 g/mol. The summed E-state index contributed by atoms with van der Waals surface area (Å²) in [5.41, 5.74) is 1.10. The van der Waals surface area contributed by atoms with Gasteiger partial charge in [0.15, 0.2) is 0 Å². The number of rotatable bonds is 5. The molecule has 0 saturated heterocycles. The fourth-order valence-electron chi connectivity index (χ4n) is 2.74. The molecule has 1 saturated carbocycles. The summed E-state index contributed by atoms with van der Waals surface area (Å²) in [4.78, 5) is 0. The van der Waals surface area contributed by atoms with Gasteiger partial charge in [0.05, 0.1) is 24.0 Å². The smallest absolute Gasteiger partial charge is 0.120 e. The summed E-state index contributed by atoms with van der Waals surface area (Å²) >= 11 is 0. The molecule has 3 rings (SSSR count). The molecule has 0 aromatic carbocycles. The Hall–Kier alpha value is -1.55. The van der Waals surface area contributed by atoms with Crippen LogP contribution in [0.4, 0.5) is 0 Å². The molecule has 102 valence electrons. The van der Waals surface area contributed by atoms with E-state index >= 15 is 0 Å². The van der Waals surface area contributed by atoms with E-state index < -0.39 is 0 Å². The molecule has 2 aromatic heterocycles. The Kier molecular flexibility index (Phi) is 3.69. The van der Waals surface area contributed by atoms with Crippen LogP contribution in [0.25, 0.3) is 0 Å². The monoisotopic (exact) mass is 259 g/mol. The minimum absolute atomic E-state index is 0.214. The largest absolute Gasteiger partial charge is 0.468 e. The molecule has 1 atom stereocenters. The van der Waals surface area contributed by atoms with E-state index in [0.29, 0.717) is 6.04 Å². The minimum Gasteiger partial charge on any atom is -0.468 e. The highest BCUT2D eigenvalue weighted by Crippen LogP contribution is 2.28. The van der Waals surface area contributed by atoms with Gasteiger partial charge < -0.3 is 9.73 Å². The van der Waals surface area contributed by atoms with Crippen molar-refractivity contribution >= 4 is 0 Å². The molecule has 1 aliphatic rings. The lowest BCUT2D eigenvalue weighted by molar-refractivity contribution is 0.423. The van der Waals surface area contributed by atoms with Crippen molar-refractivity contribution in [1.82, 2.24) is 15.1 Å². The molecular weight excluding hydrogens is 238 g/mol. The van der Waals surface area contributed by atoms with Gasteiger partial charge in [0.25, 0.3) is 0 Å². The van der Waals surface area contributed by atoms with Crippen LogP contribution in [-0.4, -0.2) is 9.78 Å². The molecule has 1 N–H and O–H groups in total. The maximum Gasteiger partial charge on any atom is 0.120 e. The number of furan rings is 1. The molecule has 1 fully saturated rings. The standard InChI is InChI=1S/C15H21N3O/c1-12(15-7-4-10-19-15)16-11-13-8-9-18(17-13)14-5-2-3-6-14/h4,7-10,12,14,16H,2-3,5-6,11H2,1H3/t12-/m0/s1. The predicted octanol–water partition coefficient (Wildman–Crippen LogP) is 3.44. The quantitative estimate of drug-likeness (QED) is 0.894. The van der Waals surface area contributed by atoms with Crippen LogP contribution >= 0.6 is 0 Å². The zero-order valence-electron chi connectivity index (χ0n) is 11.4. The van der Waals surface area contributed by atoms with Gasteiger partial charge in [0.1, 0.15) is 5.76 Å². The van der Waals surface area contributed by atoms with E-state index in [1.165, 1.54) is 25.7 Å². The van der Waals surface area contributed by atoms with Gasteiger partial charge in [0.2, 0.25) is 0 Å². The molecular formula is C15H21N3O. The lowest BCUT2D eigenvalue weighted by Gasteiger charge is -2.11. The van der Waals surface area contributed by atoms with Crippen molar-refractivity contribution in [2.24, 2.45) is 0 Å².